The average molecular weight is 362 g/mol. The predicted octanol–water partition coefficient (Wildman–Crippen LogP) is 3.07. The molecule has 2 heterocycles. The van der Waals surface area contributed by atoms with Gasteiger partial charge in [0.1, 0.15) is 0 Å². The van der Waals surface area contributed by atoms with Gasteiger partial charge in [-0.15, -0.1) is 11.3 Å². The Morgan fingerprint density at radius 1 is 1.08 bits per heavy atom. The Balaban J connectivity index is 1.25. The van der Waals surface area contributed by atoms with Crippen LogP contribution in [0.25, 0.3) is 0 Å². The Hall–Kier alpha value is -1.43. The summed E-state index contributed by atoms with van der Waals surface area (Å²) in [6, 6.07) is 0. The highest BCUT2D eigenvalue weighted by atomic mass is 32.1. The van der Waals surface area contributed by atoms with Crippen molar-refractivity contribution in [2.45, 2.75) is 63.8 Å². The van der Waals surface area contributed by atoms with Crippen LogP contribution in [0.5, 0.6) is 0 Å². The van der Waals surface area contributed by atoms with E-state index in [1.54, 1.807) is 11.3 Å². The van der Waals surface area contributed by atoms with Crippen LogP contribution in [0.3, 0.4) is 0 Å². The highest BCUT2D eigenvalue weighted by Gasteiger charge is 2.32. The van der Waals surface area contributed by atoms with Crippen molar-refractivity contribution < 1.29 is 9.59 Å². The van der Waals surface area contributed by atoms with E-state index in [0.717, 1.165) is 57.3 Å². The minimum Gasteiger partial charge on any atom is -0.350 e. The normalized spacial score (nSPS) is 22.3. The van der Waals surface area contributed by atoms with E-state index in [1.807, 2.05) is 0 Å². The lowest BCUT2D eigenvalue weighted by molar-refractivity contribution is -0.139. The summed E-state index contributed by atoms with van der Waals surface area (Å²) in [5, 5.41) is 6.26. The molecule has 0 unspecified atom stereocenters. The van der Waals surface area contributed by atoms with Crippen LogP contribution in [-0.4, -0.2) is 34.8 Å². The van der Waals surface area contributed by atoms with Gasteiger partial charge < -0.3 is 10.2 Å². The standard InChI is InChI=1S/C19H27N3O2S/c23-17(13-3-1-4-13)20-11-16-12-25-18(21-16)14-7-9-22(10-8-14)19(24)15-5-2-6-15/h12-15H,1-11H2,(H,20,23). The highest BCUT2D eigenvalue weighted by molar-refractivity contribution is 7.09. The third-order valence-electron chi connectivity index (χ3n) is 6.10. The van der Waals surface area contributed by atoms with Crippen molar-refractivity contribution in [3.05, 3.63) is 16.1 Å². The van der Waals surface area contributed by atoms with E-state index in [2.05, 4.69) is 15.6 Å². The van der Waals surface area contributed by atoms with Crippen molar-refractivity contribution >= 4 is 23.2 Å². The quantitative estimate of drug-likeness (QED) is 0.877. The van der Waals surface area contributed by atoms with E-state index in [9.17, 15) is 9.59 Å². The summed E-state index contributed by atoms with van der Waals surface area (Å²) >= 11 is 1.70. The van der Waals surface area contributed by atoms with Gasteiger partial charge in [0.05, 0.1) is 17.2 Å². The fourth-order valence-electron chi connectivity index (χ4n) is 3.84. The molecule has 0 aromatic carbocycles. The number of hydrogen-bond donors (Lipinski definition) is 1. The zero-order chi connectivity index (χ0) is 17.2. The third kappa shape index (κ3) is 3.73. The van der Waals surface area contributed by atoms with Gasteiger partial charge in [-0.25, -0.2) is 4.98 Å². The molecule has 0 spiro atoms. The van der Waals surface area contributed by atoms with Gasteiger partial charge in [-0.05, 0) is 38.5 Å². The Morgan fingerprint density at radius 2 is 1.76 bits per heavy atom. The number of carbonyl (C=O) groups excluding carboxylic acids is 2. The van der Waals surface area contributed by atoms with Gasteiger partial charge in [-0.3, -0.25) is 9.59 Å². The lowest BCUT2D eigenvalue weighted by Gasteiger charge is -2.36. The van der Waals surface area contributed by atoms with Gasteiger partial charge in [0.15, 0.2) is 0 Å². The molecule has 5 nitrogen and oxygen atoms in total. The Kier molecular flexibility index (Phi) is 5.06. The lowest BCUT2D eigenvalue weighted by atomic mass is 9.83. The topological polar surface area (TPSA) is 62.3 Å². The zero-order valence-corrected chi connectivity index (χ0v) is 15.5. The van der Waals surface area contributed by atoms with Crippen molar-refractivity contribution in [1.82, 2.24) is 15.2 Å². The van der Waals surface area contributed by atoms with Crippen LogP contribution in [0.4, 0.5) is 0 Å². The van der Waals surface area contributed by atoms with Crippen molar-refractivity contribution in [3.63, 3.8) is 0 Å². The molecule has 1 N–H and O–H groups in total. The smallest absolute Gasteiger partial charge is 0.225 e. The molecular weight excluding hydrogens is 334 g/mol. The van der Waals surface area contributed by atoms with E-state index in [4.69, 9.17) is 4.98 Å². The van der Waals surface area contributed by atoms with Gasteiger partial charge in [-0.1, -0.05) is 12.8 Å². The second-order valence-electron chi connectivity index (χ2n) is 7.75. The van der Waals surface area contributed by atoms with Crippen molar-refractivity contribution in [2.24, 2.45) is 11.8 Å². The first kappa shape index (κ1) is 17.0. The van der Waals surface area contributed by atoms with Crippen LogP contribution in [-0.2, 0) is 16.1 Å². The first-order valence-electron chi connectivity index (χ1n) is 9.71. The summed E-state index contributed by atoms with van der Waals surface area (Å²) < 4.78 is 0. The number of thiazole rings is 1. The molecule has 1 saturated heterocycles. The monoisotopic (exact) mass is 361 g/mol. The Labute approximate surface area is 153 Å². The molecular formula is C19H27N3O2S. The van der Waals surface area contributed by atoms with Crippen LogP contribution in [0, 0.1) is 11.8 Å². The number of hydrogen-bond acceptors (Lipinski definition) is 4. The minimum atomic E-state index is 0.184. The van der Waals surface area contributed by atoms with E-state index in [1.165, 1.54) is 17.8 Å². The maximum atomic E-state index is 12.3. The molecule has 2 amide bonds. The summed E-state index contributed by atoms with van der Waals surface area (Å²) in [6.45, 7) is 2.28. The van der Waals surface area contributed by atoms with Gasteiger partial charge in [-0.2, -0.15) is 0 Å². The number of amides is 2. The van der Waals surface area contributed by atoms with E-state index in [-0.39, 0.29) is 11.8 Å². The van der Waals surface area contributed by atoms with Crippen molar-refractivity contribution in [3.8, 4) is 0 Å². The molecule has 0 bridgehead atoms. The molecule has 1 aromatic heterocycles. The summed E-state index contributed by atoms with van der Waals surface area (Å²) in [5.41, 5.74) is 0.973. The molecule has 4 rings (SSSR count). The molecule has 3 aliphatic rings. The molecule has 0 radical (unpaired) electrons. The molecule has 136 valence electrons. The molecule has 2 aliphatic carbocycles. The third-order valence-corrected chi connectivity index (χ3v) is 7.16. The van der Waals surface area contributed by atoms with Gasteiger partial charge in [0.2, 0.25) is 11.8 Å². The van der Waals surface area contributed by atoms with Gasteiger partial charge in [0, 0.05) is 36.2 Å². The summed E-state index contributed by atoms with van der Waals surface area (Å²) in [5.74, 6) is 1.57. The Morgan fingerprint density at radius 3 is 2.36 bits per heavy atom. The molecule has 0 atom stereocenters. The second-order valence-corrected chi connectivity index (χ2v) is 8.64. The number of rotatable bonds is 5. The number of carbonyl (C=O) groups is 2. The predicted molar refractivity (Wildman–Crippen MR) is 97.2 cm³/mol. The largest absolute Gasteiger partial charge is 0.350 e. The molecule has 3 fully saturated rings. The fraction of sp³-hybridized carbons (Fsp3) is 0.737. The van der Waals surface area contributed by atoms with Crippen LogP contribution >= 0.6 is 11.3 Å². The van der Waals surface area contributed by atoms with Crippen LogP contribution in [0.15, 0.2) is 5.38 Å². The molecule has 25 heavy (non-hydrogen) atoms. The molecule has 6 heteroatoms. The second kappa shape index (κ2) is 7.44. The summed E-state index contributed by atoms with van der Waals surface area (Å²) in [7, 11) is 0. The number of aromatic nitrogens is 1. The van der Waals surface area contributed by atoms with E-state index in [0.29, 0.717) is 24.3 Å². The maximum Gasteiger partial charge on any atom is 0.225 e. The highest BCUT2D eigenvalue weighted by Crippen LogP contribution is 2.33. The van der Waals surface area contributed by atoms with Gasteiger partial charge in [0.25, 0.3) is 0 Å². The first-order chi connectivity index (χ1) is 12.2. The molecule has 1 aliphatic heterocycles. The average Bonchev–Trinajstić information content (AvgIpc) is 2.99. The first-order valence-corrected chi connectivity index (χ1v) is 10.6. The maximum absolute atomic E-state index is 12.3. The van der Waals surface area contributed by atoms with Crippen LogP contribution in [0.1, 0.15) is 68.0 Å². The molecule has 2 saturated carbocycles. The molecule has 1 aromatic rings. The SMILES string of the molecule is O=C(NCc1csc(C2CCN(C(=O)C3CCC3)CC2)n1)C1CCC1. The number of likely N-dealkylation sites (tertiary alicyclic amines) is 1. The summed E-state index contributed by atoms with van der Waals surface area (Å²) in [4.78, 5) is 31.1. The number of nitrogens with one attached hydrogen (secondary N) is 1. The van der Waals surface area contributed by atoms with Crippen LogP contribution < -0.4 is 5.32 Å². The van der Waals surface area contributed by atoms with Crippen molar-refractivity contribution in [2.75, 3.05) is 13.1 Å². The number of nitrogens with zero attached hydrogens (tertiary/aromatic N) is 2. The lowest BCUT2D eigenvalue weighted by Crippen LogP contribution is -2.43. The fourth-order valence-corrected chi connectivity index (χ4v) is 4.83. The van der Waals surface area contributed by atoms with Crippen LogP contribution in [0.2, 0.25) is 0 Å². The van der Waals surface area contributed by atoms with E-state index >= 15 is 0 Å². The Bertz CT molecular complexity index is 628. The number of piperidine rings is 1. The van der Waals surface area contributed by atoms with Crippen molar-refractivity contribution in [1.29, 1.82) is 0 Å². The van der Waals surface area contributed by atoms with Gasteiger partial charge >= 0.3 is 0 Å². The minimum absolute atomic E-state index is 0.184. The summed E-state index contributed by atoms with van der Waals surface area (Å²) in [6.07, 6.45) is 8.66. The zero-order valence-electron chi connectivity index (χ0n) is 14.7. The van der Waals surface area contributed by atoms with E-state index < -0.39 is 0 Å².